The minimum absolute atomic E-state index is 0.146. The van der Waals surface area contributed by atoms with Gasteiger partial charge in [-0.25, -0.2) is 4.79 Å². The van der Waals surface area contributed by atoms with Gasteiger partial charge in [0.2, 0.25) is 5.91 Å². The largest absolute Gasteiger partial charge is 0.341 e. The van der Waals surface area contributed by atoms with E-state index in [9.17, 15) is 9.59 Å². The van der Waals surface area contributed by atoms with Gasteiger partial charge in [-0.3, -0.25) is 4.79 Å². The van der Waals surface area contributed by atoms with E-state index in [0.717, 1.165) is 51.6 Å². The van der Waals surface area contributed by atoms with Gasteiger partial charge in [-0.2, -0.15) is 0 Å². The van der Waals surface area contributed by atoms with Gasteiger partial charge in [-0.15, -0.1) is 0 Å². The number of amides is 3. The van der Waals surface area contributed by atoms with Gasteiger partial charge in [-0.05, 0) is 32.6 Å². The van der Waals surface area contributed by atoms with Gasteiger partial charge in [0.25, 0.3) is 0 Å². The Morgan fingerprint density at radius 1 is 0.952 bits per heavy atom. The van der Waals surface area contributed by atoms with Crippen LogP contribution in [0.2, 0.25) is 0 Å². The third-order valence-corrected chi connectivity index (χ3v) is 4.70. The van der Waals surface area contributed by atoms with Crippen LogP contribution in [0.1, 0.15) is 64.7 Å². The predicted octanol–water partition coefficient (Wildman–Crippen LogP) is 2.41. The van der Waals surface area contributed by atoms with Crippen molar-refractivity contribution in [3.8, 4) is 0 Å². The van der Waals surface area contributed by atoms with Crippen LogP contribution in [0.15, 0.2) is 0 Å². The number of carbonyl (C=O) groups is 2. The van der Waals surface area contributed by atoms with Crippen molar-refractivity contribution in [3.05, 3.63) is 0 Å². The number of urea groups is 1. The third kappa shape index (κ3) is 4.11. The lowest BCUT2D eigenvalue weighted by atomic mass is 9.94. The van der Waals surface area contributed by atoms with Crippen LogP contribution in [0.4, 0.5) is 4.79 Å². The molecule has 3 amide bonds. The van der Waals surface area contributed by atoms with Crippen molar-refractivity contribution in [2.45, 2.75) is 70.3 Å². The van der Waals surface area contributed by atoms with Crippen LogP contribution in [0, 0.1) is 0 Å². The predicted molar refractivity (Wildman–Crippen MR) is 83.1 cm³/mol. The minimum atomic E-state index is -0.654. The van der Waals surface area contributed by atoms with Crippen LogP contribution in [0.5, 0.6) is 0 Å². The Balaban J connectivity index is 2.04. The van der Waals surface area contributed by atoms with E-state index in [2.05, 4.69) is 10.6 Å². The summed E-state index contributed by atoms with van der Waals surface area (Å²) in [6.45, 7) is 4.16. The van der Waals surface area contributed by atoms with Crippen LogP contribution in [0.25, 0.3) is 0 Å². The highest BCUT2D eigenvalue weighted by molar-refractivity contribution is 5.91. The molecule has 1 aliphatic heterocycles. The molecule has 0 radical (unpaired) electrons. The second-order valence-corrected chi connectivity index (χ2v) is 6.33. The third-order valence-electron chi connectivity index (χ3n) is 4.70. The zero-order valence-corrected chi connectivity index (χ0v) is 13.2. The molecule has 1 heterocycles. The molecule has 1 saturated heterocycles. The van der Waals surface area contributed by atoms with Crippen LogP contribution in [0.3, 0.4) is 0 Å². The molecule has 2 aliphatic rings. The van der Waals surface area contributed by atoms with E-state index < -0.39 is 5.54 Å². The van der Waals surface area contributed by atoms with Crippen molar-refractivity contribution in [2.24, 2.45) is 0 Å². The fraction of sp³-hybridized carbons (Fsp3) is 0.875. The van der Waals surface area contributed by atoms with Gasteiger partial charge in [0.1, 0.15) is 5.54 Å². The topological polar surface area (TPSA) is 61.4 Å². The first-order chi connectivity index (χ1) is 10.2. The van der Waals surface area contributed by atoms with Crippen LogP contribution in [-0.2, 0) is 4.79 Å². The van der Waals surface area contributed by atoms with E-state index in [4.69, 9.17) is 0 Å². The molecule has 1 saturated carbocycles. The minimum Gasteiger partial charge on any atom is -0.341 e. The summed E-state index contributed by atoms with van der Waals surface area (Å²) < 4.78 is 0. The molecule has 0 unspecified atom stereocenters. The molecule has 2 N–H and O–H groups in total. The monoisotopic (exact) mass is 295 g/mol. The fourth-order valence-corrected chi connectivity index (χ4v) is 3.55. The molecule has 0 spiro atoms. The van der Waals surface area contributed by atoms with Gasteiger partial charge < -0.3 is 15.5 Å². The number of carbonyl (C=O) groups excluding carboxylic acids is 2. The maximum atomic E-state index is 13.0. The SMILES string of the molecule is CCNC(=O)NC1(C(=O)N2CCCCCCC2)CCCC1. The second-order valence-electron chi connectivity index (χ2n) is 6.33. The molecule has 120 valence electrons. The molecular formula is C16H29N3O2. The molecule has 1 aliphatic carbocycles. The summed E-state index contributed by atoms with van der Waals surface area (Å²) in [6.07, 6.45) is 9.47. The van der Waals surface area contributed by atoms with Crippen LogP contribution in [-0.4, -0.2) is 42.0 Å². The first kappa shape index (κ1) is 16.1. The summed E-state index contributed by atoms with van der Waals surface area (Å²) in [5, 5.41) is 5.74. The van der Waals surface area contributed by atoms with Crippen molar-refractivity contribution < 1.29 is 9.59 Å². The zero-order chi connectivity index (χ0) is 15.1. The summed E-state index contributed by atoms with van der Waals surface area (Å²) in [5.74, 6) is 0.146. The van der Waals surface area contributed by atoms with Crippen molar-refractivity contribution in [3.63, 3.8) is 0 Å². The molecule has 5 heteroatoms. The zero-order valence-electron chi connectivity index (χ0n) is 13.2. The Morgan fingerprint density at radius 2 is 1.52 bits per heavy atom. The first-order valence-corrected chi connectivity index (χ1v) is 8.53. The summed E-state index contributed by atoms with van der Waals surface area (Å²) in [6, 6.07) is -0.209. The molecule has 0 aromatic carbocycles. The number of likely N-dealkylation sites (tertiary alicyclic amines) is 1. The summed E-state index contributed by atoms with van der Waals surface area (Å²) in [4.78, 5) is 26.9. The van der Waals surface area contributed by atoms with Crippen molar-refractivity contribution in [1.82, 2.24) is 15.5 Å². The number of hydrogen-bond acceptors (Lipinski definition) is 2. The highest BCUT2D eigenvalue weighted by Crippen LogP contribution is 2.32. The van der Waals surface area contributed by atoms with Crippen LogP contribution >= 0.6 is 0 Å². The second kappa shape index (κ2) is 7.66. The lowest BCUT2D eigenvalue weighted by Crippen LogP contribution is -2.60. The number of rotatable bonds is 3. The maximum absolute atomic E-state index is 13.0. The maximum Gasteiger partial charge on any atom is 0.315 e. The average Bonchev–Trinajstić information content (AvgIpc) is 2.87. The van der Waals surface area contributed by atoms with Crippen molar-refractivity contribution >= 4 is 11.9 Å². The fourth-order valence-electron chi connectivity index (χ4n) is 3.55. The summed E-state index contributed by atoms with van der Waals surface area (Å²) in [5.41, 5.74) is -0.654. The van der Waals surface area contributed by atoms with E-state index in [1.807, 2.05) is 11.8 Å². The molecule has 5 nitrogen and oxygen atoms in total. The Morgan fingerprint density at radius 3 is 2.10 bits per heavy atom. The molecule has 0 aromatic heterocycles. The van der Waals surface area contributed by atoms with Gasteiger partial charge in [0, 0.05) is 19.6 Å². The van der Waals surface area contributed by atoms with E-state index in [1.165, 1.54) is 19.3 Å². The molecule has 21 heavy (non-hydrogen) atoms. The molecule has 0 bridgehead atoms. The average molecular weight is 295 g/mol. The Labute approximate surface area is 127 Å². The Hall–Kier alpha value is -1.26. The number of hydrogen-bond donors (Lipinski definition) is 2. The standard InChI is InChI=1S/C16H29N3O2/c1-2-17-15(21)18-16(10-6-7-11-16)14(20)19-12-8-4-3-5-9-13-19/h2-13H2,1H3,(H2,17,18,21). The lowest BCUT2D eigenvalue weighted by Gasteiger charge is -2.36. The van der Waals surface area contributed by atoms with Crippen molar-refractivity contribution in [1.29, 1.82) is 0 Å². The van der Waals surface area contributed by atoms with Gasteiger partial charge >= 0.3 is 6.03 Å². The lowest BCUT2D eigenvalue weighted by molar-refractivity contribution is -0.138. The molecule has 0 aromatic rings. The van der Waals surface area contributed by atoms with Gasteiger partial charge in [0.05, 0.1) is 0 Å². The Bertz CT molecular complexity index is 357. The van der Waals surface area contributed by atoms with E-state index in [1.54, 1.807) is 0 Å². The molecule has 2 rings (SSSR count). The summed E-state index contributed by atoms with van der Waals surface area (Å²) in [7, 11) is 0. The number of nitrogens with zero attached hydrogens (tertiary/aromatic N) is 1. The van der Waals surface area contributed by atoms with Gasteiger partial charge in [-0.1, -0.05) is 32.1 Å². The summed E-state index contributed by atoms with van der Waals surface area (Å²) >= 11 is 0. The quantitative estimate of drug-likeness (QED) is 0.840. The van der Waals surface area contributed by atoms with Gasteiger partial charge in [0.15, 0.2) is 0 Å². The van der Waals surface area contributed by atoms with Crippen LogP contribution < -0.4 is 10.6 Å². The highest BCUT2D eigenvalue weighted by atomic mass is 16.2. The molecular weight excluding hydrogens is 266 g/mol. The Kier molecular flexibility index (Phi) is 5.88. The molecule has 2 fully saturated rings. The first-order valence-electron chi connectivity index (χ1n) is 8.53. The number of nitrogens with one attached hydrogen (secondary N) is 2. The van der Waals surface area contributed by atoms with E-state index in [-0.39, 0.29) is 11.9 Å². The smallest absolute Gasteiger partial charge is 0.315 e. The van der Waals surface area contributed by atoms with E-state index in [0.29, 0.717) is 6.54 Å². The normalized spacial score (nSPS) is 22.2. The van der Waals surface area contributed by atoms with Crippen molar-refractivity contribution in [2.75, 3.05) is 19.6 Å². The molecule has 0 atom stereocenters. The van der Waals surface area contributed by atoms with E-state index >= 15 is 0 Å². The highest BCUT2D eigenvalue weighted by Gasteiger charge is 2.44.